The van der Waals surface area contributed by atoms with E-state index in [1.165, 1.54) is 0 Å². The third kappa shape index (κ3) is 3.19. The van der Waals surface area contributed by atoms with Gasteiger partial charge in [-0.05, 0) is 31.8 Å². The number of rotatable bonds is 3. The zero-order valence-electron chi connectivity index (χ0n) is 11.0. The maximum atomic E-state index is 12.1. The van der Waals surface area contributed by atoms with Gasteiger partial charge in [0, 0.05) is 25.7 Å². The van der Waals surface area contributed by atoms with Crippen molar-refractivity contribution < 1.29 is 4.79 Å². The average Bonchev–Trinajstić information content (AvgIpc) is 2.76. The molecule has 4 heteroatoms. The Morgan fingerprint density at radius 2 is 2.06 bits per heavy atom. The minimum absolute atomic E-state index is 0.180. The SMILES string of the molecule is CCN1CCC(NC(=O)C2CNCC2C)CC1. The molecule has 2 heterocycles. The van der Waals surface area contributed by atoms with Crippen LogP contribution in [0, 0.1) is 11.8 Å². The molecule has 98 valence electrons. The molecule has 2 aliphatic rings. The molecule has 2 unspecified atom stereocenters. The van der Waals surface area contributed by atoms with Gasteiger partial charge in [-0.25, -0.2) is 0 Å². The maximum Gasteiger partial charge on any atom is 0.224 e. The van der Waals surface area contributed by atoms with E-state index in [2.05, 4.69) is 29.4 Å². The summed E-state index contributed by atoms with van der Waals surface area (Å²) in [5.41, 5.74) is 0. The molecule has 0 aromatic carbocycles. The lowest BCUT2D eigenvalue weighted by Gasteiger charge is -2.32. The lowest BCUT2D eigenvalue weighted by molar-refractivity contribution is -0.126. The number of nitrogens with one attached hydrogen (secondary N) is 2. The van der Waals surface area contributed by atoms with Crippen molar-refractivity contribution in [3.63, 3.8) is 0 Å². The minimum atomic E-state index is 0.180. The van der Waals surface area contributed by atoms with Crippen LogP contribution in [0.5, 0.6) is 0 Å². The summed E-state index contributed by atoms with van der Waals surface area (Å²) in [5.74, 6) is 0.919. The van der Waals surface area contributed by atoms with Gasteiger partial charge < -0.3 is 15.5 Å². The first kappa shape index (κ1) is 12.8. The van der Waals surface area contributed by atoms with Gasteiger partial charge >= 0.3 is 0 Å². The van der Waals surface area contributed by atoms with Crippen LogP contribution in [0.3, 0.4) is 0 Å². The van der Waals surface area contributed by atoms with Gasteiger partial charge in [-0.3, -0.25) is 4.79 Å². The quantitative estimate of drug-likeness (QED) is 0.751. The van der Waals surface area contributed by atoms with Crippen molar-refractivity contribution in [2.45, 2.75) is 32.7 Å². The molecule has 4 nitrogen and oxygen atoms in total. The first-order valence-corrected chi connectivity index (χ1v) is 6.94. The van der Waals surface area contributed by atoms with Crippen molar-refractivity contribution in [2.24, 2.45) is 11.8 Å². The van der Waals surface area contributed by atoms with Crippen molar-refractivity contribution in [2.75, 3.05) is 32.7 Å². The number of carbonyl (C=O) groups is 1. The number of nitrogens with zero attached hydrogens (tertiary/aromatic N) is 1. The molecular weight excluding hydrogens is 214 g/mol. The number of piperidine rings is 1. The highest BCUT2D eigenvalue weighted by molar-refractivity contribution is 5.79. The van der Waals surface area contributed by atoms with Crippen LogP contribution in [0.1, 0.15) is 26.7 Å². The van der Waals surface area contributed by atoms with Gasteiger partial charge in [0.2, 0.25) is 5.91 Å². The number of hydrogen-bond acceptors (Lipinski definition) is 3. The van der Waals surface area contributed by atoms with Crippen molar-refractivity contribution in [3.8, 4) is 0 Å². The Labute approximate surface area is 104 Å². The number of amides is 1. The standard InChI is InChI=1S/C13H25N3O/c1-3-16-6-4-11(5-7-16)15-13(17)12-9-14-8-10(12)2/h10-12,14H,3-9H2,1-2H3,(H,15,17). The second-order valence-electron chi connectivity index (χ2n) is 5.46. The van der Waals surface area contributed by atoms with Crippen LogP contribution in [-0.4, -0.2) is 49.6 Å². The molecule has 0 radical (unpaired) electrons. The van der Waals surface area contributed by atoms with E-state index in [1.807, 2.05) is 0 Å². The number of carbonyl (C=O) groups excluding carboxylic acids is 1. The Morgan fingerprint density at radius 3 is 2.59 bits per heavy atom. The van der Waals surface area contributed by atoms with E-state index in [1.54, 1.807) is 0 Å². The Hall–Kier alpha value is -0.610. The number of likely N-dealkylation sites (tertiary alicyclic amines) is 1. The summed E-state index contributed by atoms with van der Waals surface area (Å²) in [4.78, 5) is 14.6. The Balaban J connectivity index is 1.76. The van der Waals surface area contributed by atoms with Crippen LogP contribution in [0.2, 0.25) is 0 Å². The monoisotopic (exact) mass is 239 g/mol. The second-order valence-corrected chi connectivity index (χ2v) is 5.46. The minimum Gasteiger partial charge on any atom is -0.353 e. The summed E-state index contributed by atoms with van der Waals surface area (Å²) < 4.78 is 0. The van der Waals surface area contributed by atoms with E-state index in [0.29, 0.717) is 12.0 Å². The predicted octanol–water partition coefficient (Wildman–Crippen LogP) is 0.442. The summed E-state index contributed by atoms with van der Waals surface area (Å²) in [6.07, 6.45) is 2.21. The summed E-state index contributed by atoms with van der Waals surface area (Å²) >= 11 is 0. The Kier molecular flexibility index (Phi) is 4.40. The van der Waals surface area contributed by atoms with Crippen molar-refractivity contribution in [1.29, 1.82) is 0 Å². The molecule has 0 saturated carbocycles. The lowest BCUT2D eigenvalue weighted by atomic mass is 9.96. The predicted molar refractivity (Wildman–Crippen MR) is 68.8 cm³/mol. The van der Waals surface area contributed by atoms with Crippen molar-refractivity contribution >= 4 is 5.91 Å². The molecule has 2 saturated heterocycles. The van der Waals surface area contributed by atoms with Crippen molar-refractivity contribution in [1.82, 2.24) is 15.5 Å². The molecule has 2 rings (SSSR count). The Bertz CT molecular complexity index is 261. The van der Waals surface area contributed by atoms with Gasteiger partial charge in [0.1, 0.15) is 0 Å². The van der Waals surface area contributed by atoms with Gasteiger partial charge in [0.25, 0.3) is 0 Å². The van der Waals surface area contributed by atoms with Crippen LogP contribution < -0.4 is 10.6 Å². The molecule has 2 fully saturated rings. The molecule has 1 amide bonds. The lowest BCUT2D eigenvalue weighted by Crippen LogP contribution is -2.47. The summed E-state index contributed by atoms with van der Waals surface area (Å²) in [5, 5.41) is 6.52. The van der Waals surface area contributed by atoms with E-state index < -0.39 is 0 Å². The first-order chi connectivity index (χ1) is 8.20. The fourth-order valence-corrected chi connectivity index (χ4v) is 2.86. The fourth-order valence-electron chi connectivity index (χ4n) is 2.86. The van der Waals surface area contributed by atoms with Crippen molar-refractivity contribution in [3.05, 3.63) is 0 Å². The van der Waals surface area contributed by atoms with Gasteiger partial charge in [-0.15, -0.1) is 0 Å². The number of hydrogen-bond donors (Lipinski definition) is 2. The van der Waals surface area contributed by atoms with Crippen LogP contribution in [-0.2, 0) is 4.79 Å². The maximum absolute atomic E-state index is 12.1. The third-order valence-electron chi connectivity index (χ3n) is 4.24. The van der Waals surface area contributed by atoms with E-state index in [9.17, 15) is 4.79 Å². The van der Waals surface area contributed by atoms with Crippen LogP contribution >= 0.6 is 0 Å². The fraction of sp³-hybridized carbons (Fsp3) is 0.923. The molecule has 0 spiro atoms. The molecule has 0 aliphatic carbocycles. The highest BCUT2D eigenvalue weighted by Crippen LogP contribution is 2.17. The van der Waals surface area contributed by atoms with Crippen LogP contribution in [0.4, 0.5) is 0 Å². The summed E-state index contributed by atoms with van der Waals surface area (Å²) in [6.45, 7) is 9.56. The molecule has 0 bridgehead atoms. The van der Waals surface area contributed by atoms with Crippen LogP contribution in [0.15, 0.2) is 0 Å². The Morgan fingerprint density at radius 1 is 1.35 bits per heavy atom. The van der Waals surface area contributed by atoms with E-state index in [4.69, 9.17) is 0 Å². The smallest absolute Gasteiger partial charge is 0.224 e. The average molecular weight is 239 g/mol. The summed E-state index contributed by atoms with van der Waals surface area (Å²) in [6, 6.07) is 0.401. The third-order valence-corrected chi connectivity index (χ3v) is 4.24. The topological polar surface area (TPSA) is 44.4 Å². The van der Waals surface area contributed by atoms with Gasteiger partial charge in [-0.2, -0.15) is 0 Å². The van der Waals surface area contributed by atoms with Gasteiger partial charge in [-0.1, -0.05) is 13.8 Å². The molecule has 2 aliphatic heterocycles. The molecule has 0 aromatic heterocycles. The van der Waals surface area contributed by atoms with E-state index in [-0.39, 0.29) is 11.8 Å². The molecule has 0 aromatic rings. The zero-order valence-corrected chi connectivity index (χ0v) is 11.0. The van der Waals surface area contributed by atoms with E-state index in [0.717, 1.165) is 45.6 Å². The van der Waals surface area contributed by atoms with Gasteiger partial charge in [0.15, 0.2) is 0 Å². The van der Waals surface area contributed by atoms with E-state index >= 15 is 0 Å². The molecule has 2 atom stereocenters. The second kappa shape index (κ2) is 5.83. The van der Waals surface area contributed by atoms with Gasteiger partial charge in [0.05, 0.1) is 5.92 Å². The zero-order chi connectivity index (χ0) is 12.3. The highest BCUT2D eigenvalue weighted by atomic mass is 16.2. The van der Waals surface area contributed by atoms with Crippen LogP contribution in [0.25, 0.3) is 0 Å². The summed E-state index contributed by atoms with van der Waals surface area (Å²) in [7, 11) is 0. The molecule has 17 heavy (non-hydrogen) atoms. The normalized spacial score (nSPS) is 31.6. The molecular formula is C13H25N3O. The molecule has 2 N–H and O–H groups in total. The highest BCUT2D eigenvalue weighted by Gasteiger charge is 2.31. The largest absolute Gasteiger partial charge is 0.353 e. The first-order valence-electron chi connectivity index (χ1n) is 6.94.